The molecular formula is C25H25ClN4O2. The van der Waals surface area contributed by atoms with Crippen LogP contribution in [0.25, 0.3) is 5.70 Å². The van der Waals surface area contributed by atoms with E-state index in [-0.39, 0.29) is 5.91 Å². The Labute approximate surface area is 192 Å². The fourth-order valence-electron chi connectivity index (χ4n) is 3.05. The molecule has 3 aromatic carbocycles. The zero-order valence-corrected chi connectivity index (χ0v) is 18.7. The van der Waals surface area contributed by atoms with Crippen molar-refractivity contribution in [1.82, 2.24) is 5.32 Å². The Morgan fingerprint density at radius 2 is 1.78 bits per heavy atom. The summed E-state index contributed by atoms with van der Waals surface area (Å²) >= 11 is 5.91. The standard InChI is InChI=1S/C25H25ClN4O2/c1-16-12-18(17(2)28-24(26)15-27)10-11-23(16)29-20-7-5-8-21(14-20)30-25(31)19-6-4-9-22(13-19)32-3/h4-15,28-29H,2,27H2,1,3H3,(H,30,31)/b24-15-. The predicted molar refractivity (Wildman–Crippen MR) is 132 cm³/mol. The second kappa shape index (κ2) is 10.4. The lowest BCUT2D eigenvalue weighted by Crippen LogP contribution is -2.12. The van der Waals surface area contributed by atoms with E-state index < -0.39 is 0 Å². The van der Waals surface area contributed by atoms with Crippen molar-refractivity contribution in [1.29, 1.82) is 0 Å². The SMILES string of the molecule is C=C(N/C(Cl)=C\N)c1ccc(Nc2cccc(NC(=O)c3cccc(OC)c3)c2)c(C)c1. The number of carbonyl (C=O) groups is 1. The monoisotopic (exact) mass is 448 g/mol. The van der Waals surface area contributed by atoms with E-state index in [0.717, 1.165) is 22.5 Å². The molecule has 0 aliphatic heterocycles. The van der Waals surface area contributed by atoms with Gasteiger partial charge in [0.1, 0.15) is 10.9 Å². The molecule has 0 saturated heterocycles. The molecule has 0 spiro atoms. The van der Waals surface area contributed by atoms with Crippen molar-refractivity contribution in [2.45, 2.75) is 6.92 Å². The van der Waals surface area contributed by atoms with Gasteiger partial charge < -0.3 is 26.4 Å². The highest BCUT2D eigenvalue weighted by Gasteiger charge is 2.09. The minimum absolute atomic E-state index is 0.210. The predicted octanol–water partition coefficient (Wildman–Crippen LogP) is 5.56. The number of aryl methyl sites for hydroxylation is 1. The lowest BCUT2D eigenvalue weighted by Gasteiger charge is -2.14. The fraction of sp³-hybridized carbons (Fsp3) is 0.0800. The largest absolute Gasteiger partial charge is 0.497 e. The van der Waals surface area contributed by atoms with Crippen LogP contribution in [0, 0.1) is 6.92 Å². The Hall–Kier alpha value is -3.90. The first-order chi connectivity index (χ1) is 15.4. The van der Waals surface area contributed by atoms with Crippen molar-refractivity contribution in [3.05, 3.63) is 101 Å². The van der Waals surface area contributed by atoms with E-state index in [0.29, 0.717) is 27.9 Å². The van der Waals surface area contributed by atoms with E-state index in [4.69, 9.17) is 22.1 Å². The van der Waals surface area contributed by atoms with Crippen LogP contribution >= 0.6 is 11.6 Å². The maximum absolute atomic E-state index is 12.6. The molecular weight excluding hydrogens is 424 g/mol. The molecule has 164 valence electrons. The van der Waals surface area contributed by atoms with Crippen molar-refractivity contribution < 1.29 is 9.53 Å². The first-order valence-corrected chi connectivity index (χ1v) is 10.2. The Kier molecular flexibility index (Phi) is 7.41. The molecule has 1 amide bonds. The van der Waals surface area contributed by atoms with E-state index in [1.165, 1.54) is 6.20 Å². The molecule has 0 radical (unpaired) electrons. The van der Waals surface area contributed by atoms with Crippen molar-refractivity contribution in [2.75, 3.05) is 17.7 Å². The third-order valence-corrected chi connectivity index (χ3v) is 4.94. The first-order valence-electron chi connectivity index (χ1n) is 9.86. The van der Waals surface area contributed by atoms with Crippen LogP contribution in [0.5, 0.6) is 5.75 Å². The Morgan fingerprint density at radius 3 is 2.50 bits per heavy atom. The molecule has 5 N–H and O–H groups in total. The number of ether oxygens (including phenoxy) is 1. The Balaban J connectivity index is 1.71. The summed E-state index contributed by atoms with van der Waals surface area (Å²) in [5.74, 6) is 0.420. The van der Waals surface area contributed by atoms with E-state index in [9.17, 15) is 4.79 Å². The highest BCUT2D eigenvalue weighted by molar-refractivity contribution is 6.29. The topological polar surface area (TPSA) is 88.4 Å². The molecule has 0 saturated carbocycles. The number of carbonyl (C=O) groups excluding carboxylic acids is 1. The minimum atomic E-state index is -0.210. The summed E-state index contributed by atoms with van der Waals surface area (Å²) in [5, 5.41) is 9.53. The average molecular weight is 449 g/mol. The van der Waals surface area contributed by atoms with Crippen LogP contribution in [-0.4, -0.2) is 13.0 Å². The van der Waals surface area contributed by atoms with E-state index in [1.807, 2.05) is 49.4 Å². The molecule has 0 atom stereocenters. The molecule has 32 heavy (non-hydrogen) atoms. The Bertz CT molecular complexity index is 1170. The van der Waals surface area contributed by atoms with E-state index in [2.05, 4.69) is 22.5 Å². The van der Waals surface area contributed by atoms with E-state index >= 15 is 0 Å². The van der Waals surface area contributed by atoms with Gasteiger partial charge in [-0.3, -0.25) is 4.79 Å². The molecule has 0 aliphatic carbocycles. The summed E-state index contributed by atoms with van der Waals surface area (Å²) in [5.41, 5.74) is 10.9. The summed E-state index contributed by atoms with van der Waals surface area (Å²) in [4.78, 5) is 12.6. The van der Waals surface area contributed by atoms with Crippen LogP contribution in [0.15, 0.2) is 84.7 Å². The van der Waals surface area contributed by atoms with Gasteiger partial charge in [0.25, 0.3) is 5.91 Å². The number of rotatable bonds is 8. The van der Waals surface area contributed by atoms with Crippen LogP contribution in [-0.2, 0) is 0 Å². The maximum atomic E-state index is 12.6. The summed E-state index contributed by atoms with van der Waals surface area (Å²) < 4.78 is 5.19. The normalized spacial score (nSPS) is 10.9. The Morgan fingerprint density at radius 1 is 1.03 bits per heavy atom. The summed E-state index contributed by atoms with van der Waals surface area (Å²) in [6.07, 6.45) is 1.27. The highest BCUT2D eigenvalue weighted by Crippen LogP contribution is 2.26. The van der Waals surface area contributed by atoms with Crippen molar-refractivity contribution >= 4 is 40.3 Å². The number of nitrogens with two attached hydrogens (primary N) is 1. The fourth-order valence-corrected chi connectivity index (χ4v) is 3.16. The van der Waals surface area contributed by atoms with Gasteiger partial charge in [-0.05, 0) is 66.6 Å². The number of hydrogen-bond acceptors (Lipinski definition) is 5. The number of benzene rings is 3. The molecule has 0 aliphatic rings. The molecule has 3 aromatic rings. The number of halogens is 1. The van der Waals surface area contributed by atoms with Gasteiger partial charge in [0, 0.05) is 34.5 Å². The first kappa shape index (κ1) is 22.8. The smallest absolute Gasteiger partial charge is 0.255 e. The molecule has 0 aromatic heterocycles. The van der Waals surface area contributed by atoms with Crippen molar-refractivity contribution in [3.8, 4) is 5.75 Å². The zero-order chi connectivity index (χ0) is 23.1. The van der Waals surface area contributed by atoms with Gasteiger partial charge in [-0.2, -0.15) is 0 Å². The zero-order valence-electron chi connectivity index (χ0n) is 17.9. The quantitative estimate of drug-likeness (QED) is 0.339. The summed E-state index contributed by atoms with van der Waals surface area (Å²) in [7, 11) is 1.57. The van der Waals surface area contributed by atoms with Gasteiger partial charge in [-0.1, -0.05) is 36.4 Å². The number of anilines is 3. The number of amides is 1. The lowest BCUT2D eigenvalue weighted by molar-refractivity contribution is 0.102. The molecule has 6 nitrogen and oxygen atoms in total. The molecule has 0 heterocycles. The van der Waals surface area contributed by atoms with Crippen molar-refractivity contribution in [3.63, 3.8) is 0 Å². The lowest BCUT2D eigenvalue weighted by atomic mass is 10.1. The van der Waals surface area contributed by atoms with Gasteiger partial charge in [0.2, 0.25) is 0 Å². The van der Waals surface area contributed by atoms with Crippen molar-refractivity contribution in [2.24, 2.45) is 5.73 Å². The van der Waals surface area contributed by atoms with Crippen LogP contribution in [0.3, 0.4) is 0 Å². The van der Waals surface area contributed by atoms with Gasteiger partial charge in [0.05, 0.1) is 7.11 Å². The van der Waals surface area contributed by atoms with Gasteiger partial charge >= 0.3 is 0 Å². The van der Waals surface area contributed by atoms with Gasteiger partial charge in [-0.15, -0.1) is 0 Å². The van der Waals surface area contributed by atoms with Crippen LogP contribution in [0.4, 0.5) is 17.1 Å². The number of nitrogens with one attached hydrogen (secondary N) is 3. The second-order valence-corrected chi connectivity index (χ2v) is 7.45. The third kappa shape index (κ3) is 5.83. The summed E-state index contributed by atoms with van der Waals surface area (Å²) in [6.45, 7) is 5.98. The maximum Gasteiger partial charge on any atom is 0.255 e. The van der Waals surface area contributed by atoms with Crippen LogP contribution < -0.4 is 26.4 Å². The number of methoxy groups -OCH3 is 1. The molecule has 0 bridgehead atoms. The average Bonchev–Trinajstić information content (AvgIpc) is 2.80. The second-order valence-electron chi connectivity index (χ2n) is 7.04. The minimum Gasteiger partial charge on any atom is -0.497 e. The van der Waals surface area contributed by atoms with Crippen LogP contribution in [0.1, 0.15) is 21.5 Å². The van der Waals surface area contributed by atoms with Gasteiger partial charge in [-0.25, -0.2) is 0 Å². The molecule has 0 fully saturated rings. The highest BCUT2D eigenvalue weighted by atomic mass is 35.5. The van der Waals surface area contributed by atoms with E-state index in [1.54, 1.807) is 31.4 Å². The molecule has 3 rings (SSSR count). The molecule has 7 heteroatoms. The summed E-state index contributed by atoms with van der Waals surface area (Å²) in [6, 6.07) is 20.4. The van der Waals surface area contributed by atoms with Gasteiger partial charge in [0.15, 0.2) is 0 Å². The third-order valence-electron chi connectivity index (χ3n) is 4.72. The number of hydrogen-bond donors (Lipinski definition) is 4. The molecule has 0 unspecified atom stereocenters. The van der Waals surface area contributed by atoms with Crippen LogP contribution in [0.2, 0.25) is 0 Å².